The molecule has 1 aromatic rings. The minimum absolute atomic E-state index is 0.129. The maximum absolute atomic E-state index is 11.2. The summed E-state index contributed by atoms with van der Waals surface area (Å²) in [7, 11) is 0. The van der Waals surface area contributed by atoms with Crippen molar-refractivity contribution < 1.29 is 20.1 Å². The number of carboxylic acid groups (broad SMARTS) is 1. The molecule has 0 aliphatic carbocycles. The highest BCUT2D eigenvalue weighted by molar-refractivity contribution is 6.15. The summed E-state index contributed by atoms with van der Waals surface area (Å²) in [4.78, 5) is 15.3. The molecule has 1 aromatic carbocycles. The van der Waals surface area contributed by atoms with Crippen LogP contribution in [0.4, 0.5) is 0 Å². The lowest BCUT2D eigenvalue weighted by molar-refractivity contribution is -0.140. The molecule has 0 saturated heterocycles. The topological polar surface area (TPSA) is 90.1 Å². The van der Waals surface area contributed by atoms with Crippen molar-refractivity contribution in [1.82, 2.24) is 0 Å². The molecule has 1 aliphatic rings. The van der Waals surface area contributed by atoms with Crippen LogP contribution in [0.3, 0.4) is 0 Å². The molecule has 0 fully saturated rings. The molecule has 0 radical (unpaired) electrons. The van der Waals surface area contributed by atoms with E-state index in [1.807, 2.05) is 0 Å². The highest BCUT2D eigenvalue weighted by Crippen LogP contribution is 2.34. The normalized spacial score (nSPS) is 23.5. The second-order valence-electron chi connectivity index (χ2n) is 4.19. The van der Waals surface area contributed by atoms with E-state index in [9.17, 15) is 15.0 Å². The van der Waals surface area contributed by atoms with Crippen LogP contribution >= 0.6 is 0 Å². The number of phenols is 2. The average molecular weight is 235 g/mol. The molecule has 5 nitrogen and oxygen atoms in total. The fourth-order valence-electron chi connectivity index (χ4n) is 2.10. The number of aromatic hydroxyl groups is 2. The van der Waals surface area contributed by atoms with Gasteiger partial charge in [0.2, 0.25) is 0 Å². The Balaban J connectivity index is 2.50. The molecule has 0 spiro atoms. The van der Waals surface area contributed by atoms with Crippen molar-refractivity contribution in [3.63, 3.8) is 0 Å². The van der Waals surface area contributed by atoms with E-state index in [0.717, 1.165) is 0 Å². The minimum Gasteiger partial charge on any atom is -0.507 e. The van der Waals surface area contributed by atoms with E-state index in [-0.39, 0.29) is 28.7 Å². The maximum Gasteiger partial charge on any atom is 0.312 e. The Labute approximate surface area is 98.1 Å². The zero-order valence-corrected chi connectivity index (χ0v) is 9.29. The summed E-state index contributed by atoms with van der Waals surface area (Å²) in [5.41, 5.74) is 0.379. The van der Waals surface area contributed by atoms with Crippen LogP contribution in [0.1, 0.15) is 12.5 Å². The first-order valence-electron chi connectivity index (χ1n) is 5.31. The SMILES string of the molecule is CC1CN=C(c2c(O)cccc2O)C1C(=O)O. The predicted octanol–water partition coefficient (Wildman–Crippen LogP) is 1.24. The molecule has 1 aliphatic heterocycles. The van der Waals surface area contributed by atoms with Gasteiger partial charge in [-0.05, 0) is 18.1 Å². The van der Waals surface area contributed by atoms with E-state index < -0.39 is 11.9 Å². The van der Waals surface area contributed by atoms with Crippen LogP contribution in [0.15, 0.2) is 23.2 Å². The zero-order chi connectivity index (χ0) is 12.6. The van der Waals surface area contributed by atoms with Gasteiger partial charge in [-0.25, -0.2) is 0 Å². The lowest BCUT2D eigenvalue weighted by Crippen LogP contribution is -2.26. The van der Waals surface area contributed by atoms with Crippen LogP contribution in [0.2, 0.25) is 0 Å². The Bertz CT molecular complexity index is 475. The van der Waals surface area contributed by atoms with Gasteiger partial charge in [0.25, 0.3) is 0 Å². The Morgan fingerprint density at radius 2 is 1.94 bits per heavy atom. The minimum atomic E-state index is -0.989. The molecule has 17 heavy (non-hydrogen) atoms. The van der Waals surface area contributed by atoms with Crippen LogP contribution in [-0.4, -0.2) is 33.5 Å². The predicted molar refractivity (Wildman–Crippen MR) is 61.5 cm³/mol. The molecule has 0 aromatic heterocycles. The van der Waals surface area contributed by atoms with E-state index in [0.29, 0.717) is 6.54 Å². The third-order valence-electron chi connectivity index (χ3n) is 2.96. The molecule has 2 atom stereocenters. The average Bonchev–Trinajstić information content (AvgIpc) is 2.60. The summed E-state index contributed by atoms with van der Waals surface area (Å²) in [6.45, 7) is 2.17. The zero-order valence-electron chi connectivity index (χ0n) is 9.29. The number of hydrogen-bond acceptors (Lipinski definition) is 4. The molecule has 2 unspecified atom stereocenters. The number of aliphatic carboxylic acids is 1. The Morgan fingerprint density at radius 1 is 1.35 bits per heavy atom. The number of benzene rings is 1. The van der Waals surface area contributed by atoms with Gasteiger partial charge in [0.05, 0.1) is 11.3 Å². The number of rotatable bonds is 2. The van der Waals surface area contributed by atoms with Crippen molar-refractivity contribution >= 4 is 11.7 Å². The molecule has 3 N–H and O–H groups in total. The first-order valence-corrected chi connectivity index (χ1v) is 5.31. The Kier molecular flexibility index (Phi) is 2.75. The Hall–Kier alpha value is -2.04. The first-order chi connectivity index (χ1) is 8.02. The maximum atomic E-state index is 11.2. The molecule has 0 bridgehead atoms. The monoisotopic (exact) mass is 235 g/mol. The third kappa shape index (κ3) is 1.84. The number of aliphatic imine (C=N–C) groups is 1. The van der Waals surface area contributed by atoms with E-state index in [4.69, 9.17) is 5.11 Å². The second kappa shape index (κ2) is 4.08. The molecule has 0 saturated carbocycles. The van der Waals surface area contributed by atoms with Gasteiger partial charge < -0.3 is 15.3 Å². The van der Waals surface area contributed by atoms with Crippen LogP contribution in [0.5, 0.6) is 11.5 Å². The van der Waals surface area contributed by atoms with Gasteiger partial charge in [-0.15, -0.1) is 0 Å². The van der Waals surface area contributed by atoms with E-state index in [1.54, 1.807) is 6.92 Å². The van der Waals surface area contributed by atoms with Gasteiger partial charge in [0, 0.05) is 6.54 Å². The first kappa shape index (κ1) is 11.4. The van der Waals surface area contributed by atoms with Gasteiger partial charge in [0.15, 0.2) is 0 Å². The van der Waals surface area contributed by atoms with Crippen molar-refractivity contribution in [1.29, 1.82) is 0 Å². The highest BCUT2D eigenvalue weighted by Gasteiger charge is 2.37. The third-order valence-corrected chi connectivity index (χ3v) is 2.96. The summed E-state index contributed by atoms with van der Waals surface area (Å²) in [6.07, 6.45) is 0. The quantitative estimate of drug-likeness (QED) is 0.719. The van der Waals surface area contributed by atoms with Crippen LogP contribution < -0.4 is 0 Å². The van der Waals surface area contributed by atoms with Crippen molar-refractivity contribution in [3.05, 3.63) is 23.8 Å². The van der Waals surface area contributed by atoms with Gasteiger partial charge >= 0.3 is 5.97 Å². The number of carbonyl (C=O) groups is 1. The van der Waals surface area contributed by atoms with Crippen LogP contribution in [-0.2, 0) is 4.79 Å². The van der Waals surface area contributed by atoms with Crippen molar-refractivity contribution in [2.75, 3.05) is 6.54 Å². The standard InChI is InChI=1S/C12H13NO4/c1-6-5-13-11(9(6)12(16)17)10-7(14)3-2-4-8(10)15/h2-4,6,9,14-15H,5H2,1H3,(H,16,17). The fraction of sp³-hybridized carbons (Fsp3) is 0.333. The molecular formula is C12H13NO4. The van der Waals surface area contributed by atoms with Gasteiger partial charge in [-0.2, -0.15) is 0 Å². The van der Waals surface area contributed by atoms with E-state index in [2.05, 4.69) is 4.99 Å². The van der Waals surface area contributed by atoms with Gasteiger partial charge in [-0.3, -0.25) is 9.79 Å². The lowest BCUT2D eigenvalue weighted by atomic mass is 9.88. The summed E-state index contributed by atoms with van der Waals surface area (Å²) in [5, 5.41) is 28.6. The molecule has 1 heterocycles. The van der Waals surface area contributed by atoms with E-state index >= 15 is 0 Å². The van der Waals surface area contributed by atoms with Crippen LogP contribution in [0.25, 0.3) is 0 Å². The molecule has 0 amide bonds. The summed E-state index contributed by atoms with van der Waals surface area (Å²) in [6, 6.07) is 4.29. The molecule has 5 heteroatoms. The smallest absolute Gasteiger partial charge is 0.312 e. The lowest BCUT2D eigenvalue weighted by Gasteiger charge is -2.14. The number of phenolic OH excluding ortho intramolecular Hbond substituents is 2. The Morgan fingerprint density at radius 3 is 2.47 bits per heavy atom. The van der Waals surface area contributed by atoms with Crippen molar-refractivity contribution in [2.45, 2.75) is 6.92 Å². The number of hydrogen-bond donors (Lipinski definition) is 3. The summed E-state index contributed by atoms with van der Waals surface area (Å²) < 4.78 is 0. The highest BCUT2D eigenvalue weighted by atomic mass is 16.4. The summed E-state index contributed by atoms with van der Waals surface area (Å²) in [5.74, 6) is -2.21. The van der Waals surface area contributed by atoms with Gasteiger partial charge in [-0.1, -0.05) is 13.0 Å². The van der Waals surface area contributed by atoms with Gasteiger partial charge in [0.1, 0.15) is 17.4 Å². The molecular weight excluding hydrogens is 222 g/mol. The van der Waals surface area contributed by atoms with E-state index in [1.165, 1.54) is 18.2 Å². The summed E-state index contributed by atoms with van der Waals surface area (Å²) >= 11 is 0. The largest absolute Gasteiger partial charge is 0.507 e. The number of nitrogens with zero attached hydrogens (tertiary/aromatic N) is 1. The van der Waals surface area contributed by atoms with Crippen molar-refractivity contribution in [2.24, 2.45) is 16.8 Å². The number of carboxylic acids is 1. The van der Waals surface area contributed by atoms with Crippen LogP contribution in [0, 0.1) is 11.8 Å². The van der Waals surface area contributed by atoms with Crippen molar-refractivity contribution in [3.8, 4) is 11.5 Å². The molecule has 2 rings (SSSR count). The fourth-order valence-corrected chi connectivity index (χ4v) is 2.10. The second-order valence-corrected chi connectivity index (χ2v) is 4.19. The molecule has 90 valence electrons.